The highest BCUT2D eigenvalue weighted by molar-refractivity contribution is 5.20. The van der Waals surface area contributed by atoms with Gasteiger partial charge >= 0.3 is 0 Å². The third-order valence-corrected chi connectivity index (χ3v) is 3.34. The fourth-order valence-electron chi connectivity index (χ4n) is 2.39. The Morgan fingerprint density at radius 1 is 1.44 bits per heavy atom. The molecule has 2 rings (SSSR count). The molecule has 2 unspecified atom stereocenters. The molecule has 1 aromatic carbocycles. The minimum atomic E-state index is 0.0867. The average molecular weight is 245 g/mol. The van der Waals surface area contributed by atoms with Crippen molar-refractivity contribution in [2.45, 2.75) is 18.6 Å². The monoisotopic (exact) mass is 245 g/mol. The fraction of sp³-hybridized carbons (Fsp3) is 0.500. The van der Waals surface area contributed by atoms with E-state index in [0.29, 0.717) is 19.6 Å². The Labute approximate surface area is 108 Å². The highest BCUT2D eigenvalue weighted by atomic mass is 16.5. The first-order valence-corrected chi connectivity index (χ1v) is 6.32. The molecule has 4 nitrogen and oxygen atoms in total. The predicted octanol–water partition coefficient (Wildman–Crippen LogP) is 1.30. The van der Waals surface area contributed by atoms with Gasteiger partial charge in [-0.2, -0.15) is 5.26 Å². The molecular formula is C14H19N3O. The van der Waals surface area contributed by atoms with Crippen LogP contribution in [-0.2, 0) is 4.74 Å². The number of benzene rings is 1. The lowest BCUT2D eigenvalue weighted by Crippen LogP contribution is -2.46. The van der Waals surface area contributed by atoms with Crippen molar-refractivity contribution in [3.05, 3.63) is 35.9 Å². The van der Waals surface area contributed by atoms with Gasteiger partial charge in [0.1, 0.15) is 0 Å². The van der Waals surface area contributed by atoms with Crippen molar-refractivity contribution in [3.8, 4) is 6.07 Å². The predicted molar refractivity (Wildman–Crippen MR) is 69.8 cm³/mol. The van der Waals surface area contributed by atoms with Gasteiger partial charge < -0.3 is 10.5 Å². The quantitative estimate of drug-likeness (QED) is 0.868. The molecule has 0 aromatic heterocycles. The number of ether oxygens (including phenoxy) is 1. The Morgan fingerprint density at radius 2 is 2.22 bits per heavy atom. The molecule has 0 aliphatic carbocycles. The second kappa shape index (κ2) is 6.50. The van der Waals surface area contributed by atoms with Crippen molar-refractivity contribution in [1.29, 1.82) is 5.26 Å². The van der Waals surface area contributed by atoms with Crippen LogP contribution < -0.4 is 5.73 Å². The standard InChI is InChI=1S/C14H19N3O/c15-7-6-14(12-4-2-1-3-5-12)17-8-9-18-13(10-16)11-17/h1-5,13-14H,6,8-11,16H2. The van der Waals surface area contributed by atoms with Crippen molar-refractivity contribution in [2.75, 3.05) is 26.2 Å². The molecule has 2 atom stereocenters. The maximum absolute atomic E-state index is 9.02. The van der Waals surface area contributed by atoms with Crippen molar-refractivity contribution in [3.63, 3.8) is 0 Å². The molecule has 18 heavy (non-hydrogen) atoms. The molecule has 1 aromatic rings. The van der Waals surface area contributed by atoms with Crippen LogP contribution in [0.25, 0.3) is 0 Å². The van der Waals surface area contributed by atoms with E-state index in [1.807, 2.05) is 18.2 Å². The third-order valence-electron chi connectivity index (χ3n) is 3.34. The summed E-state index contributed by atoms with van der Waals surface area (Å²) in [6.07, 6.45) is 0.588. The lowest BCUT2D eigenvalue weighted by molar-refractivity contribution is -0.0384. The molecule has 1 aliphatic rings. The summed E-state index contributed by atoms with van der Waals surface area (Å²) in [7, 11) is 0. The van der Waals surface area contributed by atoms with E-state index in [4.69, 9.17) is 15.7 Å². The van der Waals surface area contributed by atoms with Crippen LogP contribution in [-0.4, -0.2) is 37.2 Å². The number of hydrogen-bond donors (Lipinski definition) is 1. The zero-order valence-corrected chi connectivity index (χ0v) is 10.5. The van der Waals surface area contributed by atoms with Crippen LogP contribution >= 0.6 is 0 Å². The zero-order valence-electron chi connectivity index (χ0n) is 10.5. The largest absolute Gasteiger partial charge is 0.374 e. The Hall–Kier alpha value is -1.41. The molecule has 96 valence electrons. The third kappa shape index (κ3) is 3.08. The van der Waals surface area contributed by atoms with Crippen LogP contribution in [0.5, 0.6) is 0 Å². The van der Waals surface area contributed by atoms with Gasteiger partial charge in [-0.3, -0.25) is 4.90 Å². The van der Waals surface area contributed by atoms with E-state index in [9.17, 15) is 0 Å². The number of hydrogen-bond acceptors (Lipinski definition) is 4. The molecule has 0 amide bonds. The van der Waals surface area contributed by atoms with Crippen LogP contribution in [0, 0.1) is 11.3 Å². The average Bonchev–Trinajstić information content (AvgIpc) is 2.46. The van der Waals surface area contributed by atoms with Gasteiger partial charge in [0.05, 0.1) is 25.2 Å². The molecule has 0 saturated carbocycles. The van der Waals surface area contributed by atoms with Gasteiger partial charge in [-0.1, -0.05) is 30.3 Å². The Balaban J connectivity index is 2.13. The summed E-state index contributed by atoms with van der Waals surface area (Å²) in [5.41, 5.74) is 6.85. The molecule has 1 fully saturated rings. The van der Waals surface area contributed by atoms with Gasteiger partial charge in [0.2, 0.25) is 0 Å². The smallest absolute Gasteiger partial charge is 0.0824 e. The SMILES string of the molecule is N#CCC(c1ccccc1)N1CCOC(CN)C1. The summed E-state index contributed by atoms with van der Waals surface area (Å²) in [5, 5.41) is 9.02. The summed E-state index contributed by atoms with van der Waals surface area (Å²) in [6.45, 7) is 2.89. The van der Waals surface area contributed by atoms with Gasteiger partial charge in [0, 0.05) is 25.7 Å². The zero-order chi connectivity index (χ0) is 12.8. The summed E-state index contributed by atoms with van der Waals surface area (Å²) in [5.74, 6) is 0. The van der Waals surface area contributed by atoms with Crippen molar-refractivity contribution >= 4 is 0 Å². The first kappa shape index (κ1) is 13.0. The lowest BCUT2D eigenvalue weighted by atomic mass is 10.0. The maximum atomic E-state index is 9.02. The van der Waals surface area contributed by atoms with Crippen LogP contribution in [0.3, 0.4) is 0 Å². The van der Waals surface area contributed by atoms with E-state index >= 15 is 0 Å². The normalized spacial score (nSPS) is 22.3. The van der Waals surface area contributed by atoms with Gasteiger partial charge in [-0.05, 0) is 5.56 Å². The Morgan fingerprint density at radius 3 is 2.89 bits per heavy atom. The first-order chi connectivity index (χ1) is 8.85. The number of nitrogens with two attached hydrogens (primary N) is 1. The van der Waals surface area contributed by atoms with Crippen LogP contribution in [0.2, 0.25) is 0 Å². The van der Waals surface area contributed by atoms with Gasteiger partial charge in [-0.25, -0.2) is 0 Å². The minimum Gasteiger partial charge on any atom is -0.374 e. The highest BCUT2D eigenvalue weighted by Gasteiger charge is 2.26. The minimum absolute atomic E-state index is 0.0867. The summed E-state index contributed by atoms with van der Waals surface area (Å²) in [6, 6.07) is 12.6. The Bertz CT molecular complexity index is 401. The highest BCUT2D eigenvalue weighted by Crippen LogP contribution is 2.25. The second-order valence-corrected chi connectivity index (χ2v) is 4.51. The van der Waals surface area contributed by atoms with E-state index in [1.165, 1.54) is 5.56 Å². The molecule has 1 aliphatic heterocycles. The van der Waals surface area contributed by atoms with Crippen LogP contribution in [0.4, 0.5) is 0 Å². The fourth-order valence-corrected chi connectivity index (χ4v) is 2.39. The first-order valence-electron chi connectivity index (χ1n) is 6.32. The van der Waals surface area contributed by atoms with Crippen LogP contribution in [0.1, 0.15) is 18.0 Å². The van der Waals surface area contributed by atoms with E-state index in [0.717, 1.165) is 13.1 Å². The van der Waals surface area contributed by atoms with Crippen molar-refractivity contribution < 1.29 is 4.74 Å². The molecule has 4 heteroatoms. The molecule has 1 heterocycles. The molecule has 0 bridgehead atoms. The van der Waals surface area contributed by atoms with Gasteiger partial charge in [-0.15, -0.1) is 0 Å². The number of morpholine rings is 1. The number of rotatable bonds is 4. The molecule has 2 N–H and O–H groups in total. The van der Waals surface area contributed by atoms with Crippen molar-refractivity contribution in [1.82, 2.24) is 4.90 Å². The van der Waals surface area contributed by atoms with E-state index < -0.39 is 0 Å². The Kier molecular flexibility index (Phi) is 4.71. The molecule has 0 spiro atoms. The van der Waals surface area contributed by atoms with E-state index in [1.54, 1.807) is 0 Å². The van der Waals surface area contributed by atoms with E-state index in [-0.39, 0.29) is 12.1 Å². The summed E-state index contributed by atoms with van der Waals surface area (Å²) < 4.78 is 5.57. The van der Waals surface area contributed by atoms with Gasteiger partial charge in [0.25, 0.3) is 0 Å². The molecule has 1 saturated heterocycles. The molecular weight excluding hydrogens is 226 g/mol. The second-order valence-electron chi connectivity index (χ2n) is 4.51. The van der Waals surface area contributed by atoms with Crippen molar-refractivity contribution in [2.24, 2.45) is 5.73 Å². The van der Waals surface area contributed by atoms with Gasteiger partial charge in [0.15, 0.2) is 0 Å². The number of nitriles is 1. The lowest BCUT2D eigenvalue weighted by Gasteiger charge is -2.37. The summed E-state index contributed by atoms with van der Waals surface area (Å²) >= 11 is 0. The van der Waals surface area contributed by atoms with Crippen LogP contribution in [0.15, 0.2) is 30.3 Å². The van der Waals surface area contributed by atoms with E-state index in [2.05, 4.69) is 23.1 Å². The number of nitrogens with zero attached hydrogens (tertiary/aromatic N) is 2. The maximum Gasteiger partial charge on any atom is 0.0824 e. The molecule has 0 radical (unpaired) electrons. The topological polar surface area (TPSA) is 62.3 Å². The summed E-state index contributed by atoms with van der Waals surface area (Å²) in [4.78, 5) is 2.31.